The van der Waals surface area contributed by atoms with E-state index in [1.807, 2.05) is 6.92 Å². The molecule has 1 amide bonds. The topological polar surface area (TPSA) is 117 Å². The van der Waals surface area contributed by atoms with Gasteiger partial charge in [-0.1, -0.05) is 0 Å². The Morgan fingerprint density at radius 3 is 2.55 bits per heavy atom. The highest BCUT2D eigenvalue weighted by Crippen LogP contribution is 2.35. The lowest BCUT2D eigenvalue weighted by molar-refractivity contribution is 0.0533. The number of nitrogens with two attached hydrogens (primary N) is 2. The van der Waals surface area contributed by atoms with Crippen LogP contribution in [0.25, 0.3) is 0 Å². The zero-order valence-electron chi connectivity index (χ0n) is 11.5. The summed E-state index contributed by atoms with van der Waals surface area (Å²) in [5.41, 5.74) is 11.3. The molecule has 1 aromatic rings. The molecule has 0 aliphatic rings. The van der Waals surface area contributed by atoms with Gasteiger partial charge in [-0.2, -0.15) is 0 Å². The summed E-state index contributed by atoms with van der Waals surface area (Å²) in [6.07, 6.45) is 0. The molecule has 0 spiro atoms. The summed E-state index contributed by atoms with van der Waals surface area (Å²) in [6.45, 7) is 5.37. The second-order valence-electron chi connectivity index (χ2n) is 3.76. The van der Waals surface area contributed by atoms with Crippen LogP contribution < -0.4 is 16.8 Å². The Labute approximate surface area is 121 Å². The van der Waals surface area contributed by atoms with Crippen molar-refractivity contribution in [1.82, 2.24) is 0 Å². The quantitative estimate of drug-likeness (QED) is 0.488. The summed E-state index contributed by atoms with van der Waals surface area (Å²) in [4.78, 5) is 23.4. The normalized spacial score (nSPS) is 10.3. The monoisotopic (exact) mass is 301 g/mol. The van der Waals surface area contributed by atoms with Gasteiger partial charge in [-0.3, -0.25) is 4.79 Å². The van der Waals surface area contributed by atoms with Gasteiger partial charge in [-0.15, -0.1) is 11.3 Å². The predicted octanol–water partition coefficient (Wildman–Crippen LogP) is 1.05. The van der Waals surface area contributed by atoms with Gasteiger partial charge >= 0.3 is 5.97 Å². The first-order chi connectivity index (χ1) is 9.52. The van der Waals surface area contributed by atoms with E-state index in [9.17, 15) is 9.59 Å². The van der Waals surface area contributed by atoms with Gasteiger partial charge in [0, 0.05) is 13.2 Å². The molecule has 0 atom stereocenters. The van der Waals surface area contributed by atoms with Crippen molar-refractivity contribution in [1.29, 1.82) is 0 Å². The van der Waals surface area contributed by atoms with Crippen LogP contribution in [-0.2, 0) is 9.47 Å². The average Bonchev–Trinajstić information content (AvgIpc) is 2.72. The fourth-order valence-corrected chi connectivity index (χ4v) is 2.59. The highest BCUT2D eigenvalue weighted by atomic mass is 32.1. The summed E-state index contributed by atoms with van der Waals surface area (Å²) >= 11 is 1.05. The minimum atomic E-state index is -0.687. The Hall–Kier alpha value is -1.80. The molecule has 0 aliphatic carbocycles. The molecule has 0 radical (unpaired) electrons. The molecule has 0 aromatic carbocycles. The van der Waals surface area contributed by atoms with Crippen LogP contribution in [0.1, 0.15) is 33.9 Å². The number of hydrogen-bond acceptors (Lipinski definition) is 7. The van der Waals surface area contributed by atoms with E-state index in [1.54, 1.807) is 6.92 Å². The lowest BCUT2D eigenvalue weighted by atomic mass is 10.2. The highest BCUT2D eigenvalue weighted by molar-refractivity contribution is 7.19. The summed E-state index contributed by atoms with van der Waals surface area (Å²) in [6, 6.07) is 0. The zero-order chi connectivity index (χ0) is 15.1. The van der Waals surface area contributed by atoms with E-state index in [1.165, 1.54) is 0 Å². The summed E-state index contributed by atoms with van der Waals surface area (Å²) < 4.78 is 10.1. The third kappa shape index (κ3) is 3.84. The number of hydrogen-bond donors (Lipinski definition) is 3. The van der Waals surface area contributed by atoms with Gasteiger partial charge in [0.15, 0.2) is 0 Å². The van der Waals surface area contributed by atoms with Crippen molar-refractivity contribution in [2.75, 3.05) is 37.4 Å². The standard InChI is InChI=1S/C12H19N3O4S/c1-3-18-6-5-15-11-7(10(14)16)8(13)9(20-11)12(17)19-4-2/h15H,3-6,13H2,1-2H3,(H2,14,16). The Bertz CT molecular complexity index is 487. The molecule has 1 aromatic heterocycles. The van der Waals surface area contributed by atoms with Crippen LogP contribution in [0.15, 0.2) is 0 Å². The largest absolute Gasteiger partial charge is 0.462 e. The number of carbonyl (C=O) groups is 2. The average molecular weight is 301 g/mol. The van der Waals surface area contributed by atoms with Crippen LogP contribution in [0.4, 0.5) is 10.7 Å². The number of rotatable bonds is 8. The molecule has 20 heavy (non-hydrogen) atoms. The molecule has 7 nitrogen and oxygen atoms in total. The van der Waals surface area contributed by atoms with Crippen molar-refractivity contribution in [3.63, 3.8) is 0 Å². The Balaban J connectivity index is 2.94. The smallest absolute Gasteiger partial charge is 0.350 e. The van der Waals surface area contributed by atoms with E-state index >= 15 is 0 Å². The van der Waals surface area contributed by atoms with Gasteiger partial charge < -0.3 is 26.3 Å². The Kier molecular flexibility index (Phi) is 6.26. The third-order valence-corrected chi connectivity index (χ3v) is 3.53. The van der Waals surface area contributed by atoms with Gasteiger partial charge in [0.1, 0.15) is 9.88 Å². The van der Waals surface area contributed by atoms with Gasteiger partial charge in [0.2, 0.25) is 0 Å². The summed E-state index contributed by atoms with van der Waals surface area (Å²) in [5.74, 6) is -1.25. The van der Waals surface area contributed by atoms with Crippen molar-refractivity contribution in [3.05, 3.63) is 10.4 Å². The van der Waals surface area contributed by atoms with Crippen LogP contribution in [-0.4, -0.2) is 38.2 Å². The number of ether oxygens (including phenoxy) is 2. The molecule has 0 unspecified atom stereocenters. The number of thiophene rings is 1. The molecule has 0 saturated carbocycles. The number of nitrogens with one attached hydrogen (secondary N) is 1. The molecule has 8 heteroatoms. The van der Waals surface area contributed by atoms with Gasteiger partial charge in [-0.05, 0) is 13.8 Å². The lowest BCUT2D eigenvalue weighted by Gasteiger charge is -2.05. The predicted molar refractivity (Wildman–Crippen MR) is 78.2 cm³/mol. The highest BCUT2D eigenvalue weighted by Gasteiger charge is 2.24. The minimum absolute atomic E-state index is 0.0554. The molecule has 5 N–H and O–H groups in total. The van der Waals surface area contributed by atoms with Crippen molar-refractivity contribution in [3.8, 4) is 0 Å². The minimum Gasteiger partial charge on any atom is -0.462 e. The second-order valence-corrected chi connectivity index (χ2v) is 4.78. The van der Waals surface area contributed by atoms with Crippen molar-refractivity contribution in [2.24, 2.45) is 5.73 Å². The first-order valence-electron chi connectivity index (χ1n) is 6.23. The summed E-state index contributed by atoms with van der Waals surface area (Å²) in [7, 11) is 0. The fourth-order valence-electron chi connectivity index (χ4n) is 1.54. The maximum absolute atomic E-state index is 11.7. The number of amides is 1. The van der Waals surface area contributed by atoms with E-state index in [0.717, 1.165) is 11.3 Å². The first-order valence-corrected chi connectivity index (χ1v) is 7.05. The van der Waals surface area contributed by atoms with E-state index in [2.05, 4.69) is 5.32 Å². The van der Waals surface area contributed by atoms with Gasteiger partial charge in [-0.25, -0.2) is 4.79 Å². The molecule has 1 heterocycles. The number of esters is 1. The SMILES string of the molecule is CCOCCNc1sc(C(=O)OCC)c(N)c1C(N)=O. The fraction of sp³-hybridized carbons (Fsp3) is 0.500. The summed E-state index contributed by atoms with van der Waals surface area (Å²) in [5, 5.41) is 3.45. The molecule has 112 valence electrons. The molecule has 0 aliphatic heterocycles. The molecule has 1 rings (SSSR count). The zero-order valence-corrected chi connectivity index (χ0v) is 12.3. The van der Waals surface area contributed by atoms with Crippen molar-refractivity contribution < 1.29 is 19.1 Å². The van der Waals surface area contributed by atoms with E-state index in [0.29, 0.717) is 24.8 Å². The molecule has 0 bridgehead atoms. The van der Waals surface area contributed by atoms with Crippen molar-refractivity contribution in [2.45, 2.75) is 13.8 Å². The third-order valence-electron chi connectivity index (χ3n) is 2.39. The van der Waals surface area contributed by atoms with Crippen LogP contribution in [0.2, 0.25) is 0 Å². The number of anilines is 2. The lowest BCUT2D eigenvalue weighted by Crippen LogP contribution is -2.16. The van der Waals surface area contributed by atoms with E-state index < -0.39 is 11.9 Å². The van der Waals surface area contributed by atoms with Crippen LogP contribution in [0.5, 0.6) is 0 Å². The van der Waals surface area contributed by atoms with Crippen LogP contribution in [0, 0.1) is 0 Å². The Morgan fingerprint density at radius 1 is 1.30 bits per heavy atom. The molecular formula is C12H19N3O4S. The van der Waals surface area contributed by atoms with Crippen LogP contribution >= 0.6 is 11.3 Å². The maximum Gasteiger partial charge on any atom is 0.350 e. The van der Waals surface area contributed by atoms with E-state index in [4.69, 9.17) is 20.9 Å². The molecule has 0 fully saturated rings. The number of carbonyl (C=O) groups excluding carboxylic acids is 2. The maximum atomic E-state index is 11.7. The number of nitrogen functional groups attached to an aromatic ring is 1. The van der Waals surface area contributed by atoms with Crippen LogP contribution in [0.3, 0.4) is 0 Å². The van der Waals surface area contributed by atoms with Gasteiger partial charge in [0.25, 0.3) is 5.91 Å². The van der Waals surface area contributed by atoms with Crippen molar-refractivity contribution >= 4 is 33.9 Å². The Morgan fingerprint density at radius 2 is 2.00 bits per heavy atom. The second kappa shape index (κ2) is 7.71. The molecular weight excluding hydrogens is 282 g/mol. The van der Waals surface area contributed by atoms with Gasteiger partial charge in [0.05, 0.1) is 24.5 Å². The first kappa shape index (κ1) is 16.3. The van der Waals surface area contributed by atoms with E-state index in [-0.39, 0.29) is 22.7 Å². The number of primary amides is 1. The molecule has 0 saturated heterocycles.